The molecule has 0 saturated carbocycles. The van der Waals surface area contributed by atoms with Crippen LogP contribution in [-0.4, -0.2) is 42.9 Å². The van der Waals surface area contributed by atoms with Gasteiger partial charge in [-0.3, -0.25) is 4.90 Å². The molecule has 1 aliphatic heterocycles. The highest BCUT2D eigenvalue weighted by Crippen LogP contribution is 2.22. The maximum atomic E-state index is 13.1. The Morgan fingerprint density at radius 1 is 1.24 bits per heavy atom. The summed E-state index contributed by atoms with van der Waals surface area (Å²) in [6, 6.07) is 3.45. The average molecular weight is 243 g/mol. The molecule has 1 heterocycles. The summed E-state index contributed by atoms with van der Waals surface area (Å²) in [5.41, 5.74) is 0.591. The molecule has 1 aromatic carbocycles. The van der Waals surface area contributed by atoms with Crippen molar-refractivity contribution in [2.45, 2.75) is 6.04 Å². The summed E-state index contributed by atoms with van der Waals surface area (Å²) in [6.45, 7) is 2.44. The van der Waals surface area contributed by atoms with Gasteiger partial charge in [-0.2, -0.15) is 0 Å². The van der Waals surface area contributed by atoms with E-state index in [1.54, 1.807) is 0 Å². The minimum Gasteiger partial charge on any atom is -0.394 e. The maximum absolute atomic E-state index is 13.1. The third-order valence-corrected chi connectivity index (χ3v) is 2.99. The van der Waals surface area contributed by atoms with Crippen molar-refractivity contribution >= 4 is 0 Å². The molecule has 0 spiro atoms. The fourth-order valence-electron chi connectivity index (χ4n) is 2.04. The Morgan fingerprint density at radius 2 is 1.94 bits per heavy atom. The quantitative estimate of drug-likeness (QED) is 0.869. The molecule has 2 rings (SSSR count). The van der Waals surface area contributed by atoms with Crippen LogP contribution in [0, 0.1) is 11.6 Å². The molecule has 0 aromatic heterocycles. The number of rotatable bonds is 3. The van der Waals surface area contributed by atoms with Crippen LogP contribution in [0.1, 0.15) is 11.6 Å². The van der Waals surface area contributed by atoms with E-state index in [1.807, 2.05) is 4.90 Å². The summed E-state index contributed by atoms with van der Waals surface area (Å²) >= 11 is 0. The Labute approximate surface area is 98.6 Å². The molecular weight excluding hydrogens is 228 g/mol. The lowest BCUT2D eigenvalue weighted by atomic mass is 10.1. The molecule has 1 aromatic rings. The Bertz CT molecular complexity index is 381. The van der Waals surface area contributed by atoms with Gasteiger partial charge in [-0.1, -0.05) is 6.07 Å². The van der Waals surface area contributed by atoms with Crippen LogP contribution < -0.4 is 0 Å². The third kappa shape index (κ3) is 2.80. The predicted molar refractivity (Wildman–Crippen MR) is 58.6 cm³/mol. The Kier molecular flexibility index (Phi) is 4.04. The second-order valence-electron chi connectivity index (χ2n) is 4.02. The maximum Gasteiger partial charge on any atom is 0.159 e. The lowest BCUT2D eigenvalue weighted by molar-refractivity contribution is 0.00251. The molecule has 1 fully saturated rings. The molecule has 17 heavy (non-hydrogen) atoms. The van der Waals surface area contributed by atoms with Crippen LogP contribution in [0.15, 0.2) is 18.2 Å². The number of morpholine rings is 1. The van der Waals surface area contributed by atoms with Gasteiger partial charge in [0, 0.05) is 13.1 Å². The van der Waals surface area contributed by atoms with Crippen molar-refractivity contribution in [1.29, 1.82) is 0 Å². The monoisotopic (exact) mass is 243 g/mol. The zero-order valence-corrected chi connectivity index (χ0v) is 9.40. The van der Waals surface area contributed by atoms with Crippen LogP contribution in [0.25, 0.3) is 0 Å². The molecule has 5 heteroatoms. The van der Waals surface area contributed by atoms with E-state index in [1.165, 1.54) is 6.07 Å². The fraction of sp³-hybridized carbons (Fsp3) is 0.500. The van der Waals surface area contributed by atoms with Gasteiger partial charge in [0.25, 0.3) is 0 Å². The summed E-state index contributed by atoms with van der Waals surface area (Å²) in [7, 11) is 0. The minimum atomic E-state index is -0.880. The first kappa shape index (κ1) is 12.4. The normalized spacial score (nSPS) is 19.2. The van der Waals surface area contributed by atoms with Gasteiger partial charge in [-0.15, -0.1) is 0 Å². The largest absolute Gasteiger partial charge is 0.394 e. The molecule has 0 amide bonds. The van der Waals surface area contributed by atoms with Crippen molar-refractivity contribution in [1.82, 2.24) is 4.90 Å². The van der Waals surface area contributed by atoms with Crippen LogP contribution in [-0.2, 0) is 4.74 Å². The van der Waals surface area contributed by atoms with Crippen LogP contribution in [0.4, 0.5) is 8.78 Å². The highest BCUT2D eigenvalue weighted by atomic mass is 19.2. The van der Waals surface area contributed by atoms with Gasteiger partial charge in [-0.05, 0) is 17.7 Å². The van der Waals surface area contributed by atoms with Crippen molar-refractivity contribution in [3.8, 4) is 0 Å². The Balaban J connectivity index is 2.18. The highest BCUT2D eigenvalue weighted by Gasteiger charge is 2.22. The highest BCUT2D eigenvalue weighted by molar-refractivity contribution is 5.21. The topological polar surface area (TPSA) is 32.7 Å². The number of benzene rings is 1. The molecule has 94 valence electrons. The smallest absolute Gasteiger partial charge is 0.159 e. The van der Waals surface area contributed by atoms with E-state index in [0.717, 1.165) is 12.1 Å². The van der Waals surface area contributed by atoms with E-state index in [0.29, 0.717) is 31.9 Å². The SMILES string of the molecule is OCC(c1ccc(F)c(F)c1)N1CCOCC1. The summed E-state index contributed by atoms with van der Waals surface area (Å²) in [5.74, 6) is -1.75. The molecule has 1 saturated heterocycles. The summed E-state index contributed by atoms with van der Waals surface area (Å²) in [6.07, 6.45) is 0. The van der Waals surface area contributed by atoms with E-state index in [4.69, 9.17) is 4.74 Å². The number of halogens is 2. The standard InChI is InChI=1S/C12H15F2NO2/c13-10-2-1-9(7-11(10)14)12(8-16)15-3-5-17-6-4-15/h1-2,7,12,16H,3-6,8H2. The van der Waals surface area contributed by atoms with Crippen molar-refractivity contribution in [3.63, 3.8) is 0 Å². The first-order valence-electron chi connectivity index (χ1n) is 5.60. The van der Waals surface area contributed by atoms with Gasteiger partial charge < -0.3 is 9.84 Å². The summed E-state index contributed by atoms with van der Waals surface area (Å²) < 4.78 is 31.2. The Hall–Kier alpha value is -1.04. The molecule has 0 radical (unpaired) electrons. The molecule has 0 aliphatic carbocycles. The molecule has 0 bridgehead atoms. The van der Waals surface area contributed by atoms with Crippen molar-refractivity contribution < 1.29 is 18.6 Å². The summed E-state index contributed by atoms with van der Waals surface area (Å²) in [5, 5.41) is 9.39. The number of hydrogen-bond donors (Lipinski definition) is 1. The van der Waals surface area contributed by atoms with E-state index in [2.05, 4.69) is 0 Å². The number of ether oxygens (including phenoxy) is 1. The third-order valence-electron chi connectivity index (χ3n) is 2.99. The zero-order valence-electron chi connectivity index (χ0n) is 9.40. The first-order valence-corrected chi connectivity index (χ1v) is 5.60. The second kappa shape index (κ2) is 5.53. The van der Waals surface area contributed by atoms with Crippen LogP contribution in [0.5, 0.6) is 0 Å². The summed E-state index contributed by atoms with van der Waals surface area (Å²) in [4.78, 5) is 2.01. The fourth-order valence-corrected chi connectivity index (χ4v) is 2.04. The molecule has 1 atom stereocenters. The van der Waals surface area contributed by atoms with Gasteiger partial charge >= 0.3 is 0 Å². The van der Waals surface area contributed by atoms with E-state index in [-0.39, 0.29) is 12.6 Å². The van der Waals surface area contributed by atoms with E-state index < -0.39 is 11.6 Å². The molecular formula is C12H15F2NO2. The van der Waals surface area contributed by atoms with Gasteiger partial charge in [0.1, 0.15) is 0 Å². The van der Waals surface area contributed by atoms with Gasteiger partial charge in [0.15, 0.2) is 11.6 Å². The molecule has 3 nitrogen and oxygen atoms in total. The molecule has 1 aliphatic rings. The van der Waals surface area contributed by atoms with Crippen molar-refractivity contribution in [2.24, 2.45) is 0 Å². The van der Waals surface area contributed by atoms with Crippen molar-refractivity contribution in [2.75, 3.05) is 32.9 Å². The van der Waals surface area contributed by atoms with Crippen LogP contribution in [0.3, 0.4) is 0 Å². The van der Waals surface area contributed by atoms with E-state index >= 15 is 0 Å². The molecule has 1 N–H and O–H groups in total. The minimum absolute atomic E-state index is 0.120. The lowest BCUT2D eigenvalue weighted by Crippen LogP contribution is -2.40. The molecule has 1 unspecified atom stereocenters. The Morgan fingerprint density at radius 3 is 2.53 bits per heavy atom. The second-order valence-corrected chi connectivity index (χ2v) is 4.02. The van der Waals surface area contributed by atoms with Crippen LogP contribution >= 0.6 is 0 Å². The van der Waals surface area contributed by atoms with Crippen LogP contribution in [0.2, 0.25) is 0 Å². The number of aliphatic hydroxyl groups excluding tert-OH is 1. The van der Waals surface area contributed by atoms with Crippen molar-refractivity contribution in [3.05, 3.63) is 35.4 Å². The van der Waals surface area contributed by atoms with Gasteiger partial charge in [0.2, 0.25) is 0 Å². The van der Waals surface area contributed by atoms with Gasteiger partial charge in [0.05, 0.1) is 25.9 Å². The number of nitrogens with zero attached hydrogens (tertiary/aromatic N) is 1. The van der Waals surface area contributed by atoms with E-state index in [9.17, 15) is 13.9 Å². The van der Waals surface area contributed by atoms with Gasteiger partial charge in [-0.25, -0.2) is 8.78 Å². The predicted octanol–water partition coefficient (Wildman–Crippen LogP) is 1.33. The average Bonchev–Trinajstić information content (AvgIpc) is 2.36. The number of hydrogen-bond acceptors (Lipinski definition) is 3. The first-order chi connectivity index (χ1) is 8.22. The number of aliphatic hydroxyl groups is 1. The lowest BCUT2D eigenvalue weighted by Gasteiger charge is -2.33. The zero-order chi connectivity index (χ0) is 12.3.